The normalized spacial score (nSPS) is 21.6. The second kappa shape index (κ2) is 8.38. The first kappa shape index (κ1) is 23.4. The van der Waals surface area contributed by atoms with E-state index in [1.54, 1.807) is 17.5 Å². The second-order valence-corrected chi connectivity index (χ2v) is 12.4. The Morgan fingerprint density at radius 1 is 0.912 bits per heavy atom. The molecule has 1 saturated carbocycles. The van der Waals surface area contributed by atoms with Crippen molar-refractivity contribution in [3.8, 4) is 5.75 Å². The van der Waals surface area contributed by atoms with Gasteiger partial charge in [0.1, 0.15) is 5.75 Å². The lowest BCUT2D eigenvalue weighted by Crippen LogP contribution is -2.45. The van der Waals surface area contributed by atoms with Gasteiger partial charge in [-0.15, -0.1) is 0 Å². The minimum absolute atomic E-state index is 0.0271. The van der Waals surface area contributed by atoms with E-state index in [-0.39, 0.29) is 16.7 Å². The van der Waals surface area contributed by atoms with Crippen LogP contribution in [0.1, 0.15) is 48.8 Å². The summed E-state index contributed by atoms with van der Waals surface area (Å²) < 4.78 is 33.6. The van der Waals surface area contributed by atoms with Gasteiger partial charge in [0.05, 0.1) is 17.4 Å². The number of rotatable bonds is 5. The second-order valence-electron chi connectivity index (χ2n) is 10.5. The minimum atomic E-state index is -3.50. The number of methoxy groups -OCH3 is 1. The molecule has 0 radical (unpaired) electrons. The van der Waals surface area contributed by atoms with Crippen LogP contribution in [0.4, 0.5) is 0 Å². The Hall–Kier alpha value is -2.38. The molecule has 1 spiro atoms. The third-order valence-electron chi connectivity index (χ3n) is 8.27. The minimum Gasteiger partial charge on any atom is -0.497 e. The quantitative estimate of drug-likeness (QED) is 0.645. The van der Waals surface area contributed by atoms with Crippen molar-refractivity contribution in [1.29, 1.82) is 0 Å². The number of carbonyl (C=O) groups excluding carboxylic acids is 1. The molecule has 0 unspecified atom stereocenters. The fraction of sp³-hybridized carbons (Fsp3) is 0.519. The maximum atomic E-state index is 13.6. The van der Waals surface area contributed by atoms with Gasteiger partial charge >= 0.3 is 0 Å². The van der Waals surface area contributed by atoms with Gasteiger partial charge in [-0.25, -0.2) is 8.42 Å². The van der Waals surface area contributed by atoms with E-state index in [1.165, 1.54) is 0 Å². The molecule has 0 aromatic heterocycles. The lowest BCUT2D eigenvalue weighted by molar-refractivity contribution is -0.133. The van der Waals surface area contributed by atoms with Gasteiger partial charge in [-0.05, 0) is 86.3 Å². The molecule has 2 aromatic carbocycles. The van der Waals surface area contributed by atoms with Gasteiger partial charge in [0, 0.05) is 26.2 Å². The Labute approximate surface area is 203 Å². The number of amides is 1. The van der Waals surface area contributed by atoms with E-state index in [9.17, 15) is 13.2 Å². The molecule has 7 heteroatoms. The van der Waals surface area contributed by atoms with Gasteiger partial charge in [-0.2, -0.15) is 4.31 Å². The van der Waals surface area contributed by atoms with Crippen molar-refractivity contribution in [2.75, 3.05) is 33.3 Å². The number of carbonyl (C=O) groups is 1. The van der Waals surface area contributed by atoms with Gasteiger partial charge < -0.3 is 9.64 Å². The Morgan fingerprint density at radius 3 is 2.18 bits per heavy atom. The summed E-state index contributed by atoms with van der Waals surface area (Å²) in [6.07, 6.45) is 4.34. The predicted octanol–water partition coefficient (Wildman–Crippen LogP) is 4.05. The Balaban J connectivity index is 1.26. The van der Waals surface area contributed by atoms with E-state index in [0.717, 1.165) is 67.6 Å². The first-order valence-corrected chi connectivity index (χ1v) is 13.6. The standard InChI is InChI=1S/C27H34N2O4S/c1-20-4-5-21(2)24(18-20)34(31,32)29-16-13-26(14-17-29)12-15-28(19-26)25(30)27(10-11-27)22-6-8-23(33-3)9-7-22/h4-9,18H,10-17,19H2,1-3H3. The Kier molecular flexibility index (Phi) is 5.76. The van der Waals surface area contributed by atoms with E-state index in [4.69, 9.17) is 4.74 Å². The van der Waals surface area contributed by atoms with Gasteiger partial charge in [-0.3, -0.25) is 4.79 Å². The van der Waals surface area contributed by atoms with Gasteiger partial charge in [0.15, 0.2) is 0 Å². The van der Waals surface area contributed by atoms with E-state index in [0.29, 0.717) is 18.0 Å². The molecule has 0 atom stereocenters. The molecule has 0 N–H and O–H groups in total. The highest BCUT2D eigenvalue weighted by Crippen LogP contribution is 2.52. The van der Waals surface area contributed by atoms with E-state index in [1.807, 2.05) is 55.1 Å². The molecule has 5 rings (SSSR count). The highest BCUT2D eigenvalue weighted by Gasteiger charge is 2.55. The zero-order chi connectivity index (χ0) is 24.1. The number of hydrogen-bond donors (Lipinski definition) is 0. The van der Waals surface area contributed by atoms with Crippen molar-refractivity contribution in [3.05, 3.63) is 59.2 Å². The number of nitrogens with zero attached hydrogens (tertiary/aromatic N) is 2. The zero-order valence-electron chi connectivity index (χ0n) is 20.3. The molecule has 6 nitrogen and oxygen atoms in total. The first-order chi connectivity index (χ1) is 16.2. The van der Waals surface area contributed by atoms with Crippen LogP contribution in [0.3, 0.4) is 0 Å². The maximum absolute atomic E-state index is 13.6. The van der Waals surface area contributed by atoms with Gasteiger partial charge in [0.2, 0.25) is 15.9 Å². The molecule has 34 heavy (non-hydrogen) atoms. The molecule has 2 saturated heterocycles. The van der Waals surface area contributed by atoms with E-state index in [2.05, 4.69) is 0 Å². The van der Waals surface area contributed by atoms with E-state index < -0.39 is 10.0 Å². The van der Waals surface area contributed by atoms with Gasteiger partial charge in [0.25, 0.3) is 0 Å². The molecule has 1 aliphatic carbocycles. The van der Waals surface area contributed by atoms with Crippen LogP contribution in [-0.2, 0) is 20.2 Å². The Morgan fingerprint density at radius 2 is 1.56 bits per heavy atom. The number of benzene rings is 2. The molecule has 2 heterocycles. The molecule has 3 fully saturated rings. The van der Waals surface area contributed by atoms with Crippen LogP contribution >= 0.6 is 0 Å². The van der Waals surface area contributed by atoms with Crippen LogP contribution in [0.5, 0.6) is 5.75 Å². The number of piperidine rings is 1. The summed E-state index contributed by atoms with van der Waals surface area (Å²) in [6, 6.07) is 13.5. The smallest absolute Gasteiger partial charge is 0.243 e. The molecule has 182 valence electrons. The summed E-state index contributed by atoms with van der Waals surface area (Å²) in [5.41, 5.74) is 2.46. The van der Waals surface area contributed by atoms with Crippen LogP contribution in [-0.4, -0.2) is 56.8 Å². The molecule has 3 aliphatic rings. The topological polar surface area (TPSA) is 66.9 Å². The molecule has 0 bridgehead atoms. The highest BCUT2D eigenvalue weighted by atomic mass is 32.2. The molecule has 2 aromatic rings. The van der Waals surface area contributed by atoms with Crippen molar-refractivity contribution in [3.63, 3.8) is 0 Å². The highest BCUT2D eigenvalue weighted by molar-refractivity contribution is 7.89. The summed E-state index contributed by atoms with van der Waals surface area (Å²) in [5, 5.41) is 0. The Bertz CT molecular complexity index is 1190. The predicted molar refractivity (Wildman–Crippen MR) is 131 cm³/mol. The zero-order valence-corrected chi connectivity index (χ0v) is 21.2. The molecular weight excluding hydrogens is 448 g/mol. The van der Waals surface area contributed by atoms with Crippen LogP contribution in [0, 0.1) is 19.3 Å². The van der Waals surface area contributed by atoms with Crippen molar-refractivity contribution < 1.29 is 17.9 Å². The monoisotopic (exact) mass is 482 g/mol. The van der Waals surface area contributed by atoms with Crippen LogP contribution in [0.25, 0.3) is 0 Å². The van der Waals surface area contributed by atoms with Crippen molar-refractivity contribution >= 4 is 15.9 Å². The SMILES string of the molecule is COc1ccc(C2(C(=O)N3CCC4(CCN(S(=O)(=O)c5cc(C)ccc5C)CC4)C3)CC2)cc1. The largest absolute Gasteiger partial charge is 0.497 e. The lowest BCUT2D eigenvalue weighted by atomic mass is 9.78. The molecular formula is C27H34N2O4S. The number of likely N-dealkylation sites (tertiary alicyclic amines) is 1. The third-order valence-corrected chi connectivity index (χ3v) is 10.3. The van der Waals surface area contributed by atoms with Crippen LogP contribution < -0.4 is 4.74 Å². The fourth-order valence-electron chi connectivity index (χ4n) is 5.81. The van der Waals surface area contributed by atoms with Crippen LogP contribution in [0.15, 0.2) is 47.4 Å². The summed E-state index contributed by atoms with van der Waals surface area (Å²) in [5.74, 6) is 1.04. The average molecular weight is 483 g/mol. The molecule has 2 aliphatic heterocycles. The number of hydrogen-bond acceptors (Lipinski definition) is 4. The van der Waals surface area contributed by atoms with Crippen molar-refractivity contribution in [2.24, 2.45) is 5.41 Å². The first-order valence-electron chi connectivity index (χ1n) is 12.2. The molecule has 1 amide bonds. The lowest BCUT2D eigenvalue weighted by Gasteiger charge is -2.39. The van der Waals surface area contributed by atoms with E-state index >= 15 is 0 Å². The summed E-state index contributed by atoms with van der Waals surface area (Å²) in [6.45, 7) is 6.31. The number of aryl methyl sites for hydroxylation is 2. The maximum Gasteiger partial charge on any atom is 0.243 e. The van der Waals surface area contributed by atoms with Crippen LogP contribution in [0.2, 0.25) is 0 Å². The summed E-state index contributed by atoms with van der Waals surface area (Å²) >= 11 is 0. The fourth-order valence-corrected chi connectivity index (χ4v) is 7.56. The number of sulfonamides is 1. The van der Waals surface area contributed by atoms with Crippen molar-refractivity contribution in [1.82, 2.24) is 9.21 Å². The third kappa shape index (κ3) is 3.93. The van der Waals surface area contributed by atoms with Crippen molar-refractivity contribution in [2.45, 2.75) is 56.3 Å². The average Bonchev–Trinajstić information content (AvgIpc) is 3.56. The summed E-state index contributed by atoms with van der Waals surface area (Å²) in [7, 11) is -1.86. The van der Waals surface area contributed by atoms with Gasteiger partial charge in [-0.1, -0.05) is 24.3 Å². The summed E-state index contributed by atoms with van der Waals surface area (Å²) in [4.78, 5) is 16.0. The number of ether oxygens (including phenoxy) is 1.